The summed E-state index contributed by atoms with van der Waals surface area (Å²) in [5.41, 5.74) is 0.235. The fraction of sp³-hybridized carbons (Fsp3) is 0.333. The number of alkyl halides is 3. The van der Waals surface area contributed by atoms with Crippen LogP contribution in [0.1, 0.15) is 5.82 Å². The molecule has 0 atom stereocenters. The van der Waals surface area contributed by atoms with Crippen LogP contribution >= 0.6 is 0 Å². The van der Waals surface area contributed by atoms with Gasteiger partial charge in [0.15, 0.2) is 0 Å². The van der Waals surface area contributed by atoms with Crippen LogP contribution in [0, 0.1) is 0 Å². The van der Waals surface area contributed by atoms with Crippen molar-refractivity contribution in [1.82, 2.24) is 14.5 Å². The molecule has 0 unspecified atom stereocenters. The van der Waals surface area contributed by atoms with Crippen molar-refractivity contribution in [3.8, 4) is 0 Å². The summed E-state index contributed by atoms with van der Waals surface area (Å²) >= 11 is 0. The lowest BCUT2D eigenvalue weighted by Crippen LogP contribution is -2.31. The first-order valence-electron chi connectivity index (χ1n) is 7.62. The van der Waals surface area contributed by atoms with Crippen LogP contribution in [0.3, 0.4) is 0 Å². The van der Waals surface area contributed by atoms with Crippen molar-refractivity contribution in [2.45, 2.75) is 24.2 Å². The minimum absolute atomic E-state index is 0.0215. The average molecular weight is 405 g/mol. The summed E-state index contributed by atoms with van der Waals surface area (Å²) in [5.74, 6) is -0.308. The topological polar surface area (TPSA) is 110 Å². The van der Waals surface area contributed by atoms with Gasteiger partial charge in [0.1, 0.15) is 12.4 Å². The second kappa shape index (κ2) is 8.06. The van der Waals surface area contributed by atoms with Gasteiger partial charge in [0.05, 0.1) is 18.0 Å². The number of nitrogens with one attached hydrogen (secondary N) is 1. The number of sulfonamides is 1. The zero-order chi connectivity index (χ0) is 20.2. The van der Waals surface area contributed by atoms with Gasteiger partial charge in [-0.3, -0.25) is 9.69 Å². The van der Waals surface area contributed by atoms with Crippen molar-refractivity contribution in [2.75, 3.05) is 18.9 Å². The molecule has 0 saturated carbocycles. The van der Waals surface area contributed by atoms with E-state index in [0.717, 1.165) is 4.57 Å². The number of primary sulfonamides is 1. The molecule has 1 aromatic carbocycles. The molecule has 0 aliphatic heterocycles. The molecule has 0 spiro atoms. The van der Waals surface area contributed by atoms with Crippen LogP contribution in [-0.2, 0) is 27.9 Å². The van der Waals surface area contributed by atoms with Gasteiger partial charge < -0.3 is 9.88 Å². The molecule has 1 amide bonds. The fourth-order valence-corrected chi connectivity index (χ4v) is 2.88. The number of likely N-dealkylation sites (N-methyl/N-ethyl adjacent to an activating group) is 1. The maximum Gasteiger partial charge on any atom is 0.406 e. The molecule has 1 heterocycles. The van der Waals surface area contributed by atoms with Crippen LogP contribution in [0.4, 0.5) is 18.9 Å². The molecule has 0 radical (unpaired) electrons. The van der Waals surface area contributed by atoms with Crippen molar-refractivity contribution >= 4 is 21.6 Å². The lowest BCUT2D eigenvalue weighted by molar-refractivity contribution is -0.141. The molecule has 27 heavy (non-hydrogen) atoms. The summed E-state index contributed by atoms with van der Waals surface area (Å²) < 4.78 is 61.2. The molecule has 148 valence electrons. The molecule has 2 aromatic rings. The van der Waals surface area contributed by atoms with Gasteiger partial charge in [-0.05, 0) is 25.2 Å². The summed E-state index contributed by atoms with van der Waals surface area (Å²) in [6.07, 6.45) is -1.90. The second-order valence-electron chi connectivity index (χ2n) is 5.88. The van der Waals surface area contributed by atoms with E-state index in [1.54, 1.807) is 7.05 Å². The number of aromatic nitrogens is 2. The number of nitrogens with two attached hydrogens (primary N) is 1. The maximum absolute atomic E-state index is 12.5. The third-order valence-electron chi connectivity index (χ3n) is 3.42. The van der Waals surface area contributed by atoms with E-state index in [0.29, 0.717) is 0 Å². The van der Waals surface area contributed by atoms with Gasteiger partial charge in [0.25, 0.3) is 0 Å². The van der Waals surface area contributed by atoms with Crippen molar-refractivity contribution in [3.63, 3.8) is 0 Å². The highest BCUT2D eigenvalue weighted by Crippen LogP contribution is 2.19. The molecule has 0 aliphatic rings. The van der Waals surface area contributed by atoms with E-state index in [4.69, 9.17) is 5.14 Å². The van der Waals surface area contributed by atoms with Crippen LogP contribution in [-0.4, -0.2) is 48.5 Å². The molecular formula is C15H18F3N5O3S. The Balaban J connectivity index is 1.96. The Morgan fingerprint density at radius 2 is 2.07 bits per heavy atom. The molecule has 0 fully saturated rings. The van der Waals surface area contributed by atoms with Gasteiger partial charge in [-0.15, -0.1) is 0 Å². The minimum atomic E-state index is -4.38. The van der Waals surface area contributed by atoms with E-state index in [1.807, 2.05) is 0 Å². The van der Waals surface area contributed by atoms with Gasteiger partial charge in [0.2, 0.25) is 15.9 Å². The minimum Gasteiger partial charge on any atom is -0.325 e. The zero-order valence-corrected chi connectivity index (χ0v) is 15.1. The lowest BCUT2D eigenvalue weighted by atomic mass is 10.3. The number of carbonyl (C=O) groups is 1. The Morgan fingerprint density at radius 3 is 2.70 bits per heavy atom. The SMILES string of the molecule is CN(CC(=O)Nc1cccc(S(N)(=O)=O)c1)Cc1nccn1CC(F)(F)F. The Hall–Kier alpha value is -2.44. The molecule has 12 heteroatoms. The lowest BCUT2D eigenvalue weighted by Gasteiger charge is -2.17. The van der Waals surface area contributed by atoms with E-state index in [2.05, 4.69) is 10.3 Å². The van der Waals surface area contributed by atoms with E-state index in [1.165, 1.54) is 41.6 Å². The molecule has 1 aromatic heterocycles. The molecule has 2 rings (SSSR count). The Bertz CT molecular complexity index is 911. The Labute approximate surface area is 153 Å². The molecule has 3 N–H and O–H groups in total. The van der Waals surface area contributed by atoms with Crippen LogP contribution in [0.15, 0.2) is 41.6 Å². The maximum atomic E-state index is 12.5. The van der Waals surface area contributed by atoms with E-state index in [9.17, 15) is 26.4 Å². The first-order valence-corrected chi connectivity index (χ1v) is 9.17. The van der Waals surface area contributed by atoms with Crippen LogP contribution in [0.25, 0.3) is 0 Å². The van der Waals surface area contributed by atoms with Gasteiger partial charge in [-0.25, -0.2) is 18.5 Å². The largest absolute Gasteiger partial charge is 0.406 e. The number of halogens is 3. The molecule has 0 saturated heterocycles. The number of amides is 1. The number of imidazole rings is 1. The van der Waals surface area contributed by atoms with Crippen molar-refractivity contribution in [1.29, 1.82) is 0 Å². The first kappa shape index (κ1) is 20.9. The Morgan fingerprint density at radius 1 is 1.37 bits per heavy atom. The smallest absolute Gasteiger partial charge is 0.325 e. The third-order valence-corrected chi connectivity index (χ3v) is 4.33. The highest BCUT2D eigenvalue weighted by Gasteiger charge is 2.29. The van der Waals surface area contributed by atoms with Crippen molar-refractivity contribution < 1.29 is 26.4 Å². The van der Waals surface area contributed by atoms with Gasteiger partial charge in [-0.2, -0.15) is 13.2 Å². The van der Waals surface area contributed by atoms with E-state index < -0.39 is 28.7 Å². The summed E-state index contributed by atoms with van der Waals surface area (Å²) in [4.78, 5) is 17.3. The predicted octanol–water partition coefficient (Wildman–Crippen LogP) is 1.16. The van der Waals surface area contributed by atoms with E-state index >= 15 is 0 Å². The van der Waals surface area contributed by atoms with Gasteiger partial charge >= 0.3 is 6.18 Å². The zero-order valence-electron chi connectivity index (χ0n) is 14.3. The predicted molar refractivity (Wildman–Crippen MR) is 91.1 cm³/mol. The van der Waals surface area contributed by atoms with Crippen LogP contribution < -0.4 is 10.5 Å². The standard InChI is InChI=1S/C15H18F3N5O3S/c1-22(8-13-20-5-6-23(13)10-15(16,17)18)9-14(24)21-11-3-2-4-12(7-11)27(19,25)26/h2-7H,8-10H2,1H3,(H,21,24)(H2,19,25,26). The number of rotatable bonds is 7. The van der Waals surface area contributed by atoms with Gasteiger partial charge in [-0.1, -0.05) is 6.07 Å². The first-order chi connectivity index (χ1) is 12.4. The van der Waals surface area contributed by atoms with Crippen LogP contribution in [0.2, 0.25) is 0 Å². The monoisotopic (exact) mass is 405 g/mol. The number of hydrogen-bond acceptors (Lipinski definition) is 5. The Kier molecular flexibility index (Phi) is 6.23. The van der Waals surface area contributed by atoms with Gasteiger partial charge in [0, 0.05) is 18.1 Å². The summed E-state index contributed by atoms with van der Waals surface area (Å²) in [7, 11) is -2.35. The molecular weight excluding hydrogens is 387 g/mol. The fourth-order valence-electron chi connectivity index (χ4n) is 2.32. The summed E-state index contributed by atoms with van der Waals surface area (Å²) in [6, 6.07) is 5.41. The second-order valence-corrected chi connectivity index (χ2v) is 7.44. The highest BCUT2D eigenvalue weighted by molar-refractivity contribution is 7.89. The van der Waals surface area contributed by atoms with Crippen molar-refractivity contribution in [3.05, 3.63) is 42.5 Å². The number of benzene rings is 1. The third kappa shape index (κ3) is 6.66. The number of hydrogen-bond donors (Lipinski definition) is 2. The van der Waals surface area contributed by atoms with E-state index in [-0.39, 0.29) is 29.5 Å². The normalized spacial score (nSPS) is 12.4. The molecule has 8 nitrogen and oxygen atoms in total. The van der Waals surface area contributed by atoms with Crippen molar-refractivity contribution in [2.24, 2.45) is 5.14 Å². The average Bonchev–Trinajstić information content (AvgIpc) is 2.91. The molecule has 0 aliphatic carbocycles. The highest BCUT2D eigenvalue weighted by atomic mass is 32.2. The quantitative estimate of drug-likeness (QED) is 0.718. The summed E-state index contributed by atoms with van der Waals surface area (Å²) in [5, 5.41) is 7.54. The summed E-state index contributed by atoms with van der Waals surface area (Å²) in [6.45, 7) is -1.28. The number of carbonyl (C=O) groups excluding carboxylic acids is 1. The number of nitrogens with zero attached hydrogens (tertiary/aromatic N) is 3. The number of anilines is 1. The van der Waals surface area contributed by atoms with Crippen LogP contribution in [0.5, 0.6) is 0 Å². The molecule has 0 bridgehead atoms.